The molecule has 3 heterocycles. The molecule has 0 aliphatic carbocycles. The van der Waals surface area contributed by atoms with Gasteiger partial charge in [0.05, 0.1) is 5.56 Å². The lowest BCUT2D eigenvalue weighted by molar-refractivity contribution is -0.137. The summed E-state index contributed by atoms with van der Waals surface area (Å²) in [5.41, 5.74) is 0.295. The van der Waals surface area contributed by atoms with Crippen molar-refractivity contribution >= 4 is 33.4 Å². The number of thiazole rings is 1. The van der Waals surface area contributed by atoms with Crippen LogP contribution in [-0.2, 0) is 6.18 Å². The van der Waals surface area contributed by atoms with E-state index in [1.54, 1.807) is 24.2 Å². The second kappa shape index (κ2) is 5.85. The maximum absolute atomic E-state index is 12.7. The van der Waals surface area contributed by atoms with E-state index in [1.165, 1.54) is 11.3 Å². The van der Waals surface area contributed by atoms with Gasteiger partial charge in [-0.15, -0.1) is 11.8 Å². The van der Waals surface area contributed by atoms with Crippen molar-refractivity contribution < 1.29 is 13.2 Å². The highest BCUT2D eigenvalue weighted by Crippen LogP contribution is 2.36. The number of pyridine rings is 2. The van der Waals surface area contributed by atoms with Gasteiger partial charge in [0.15, 0.2) is 0 Å². The molecule has 0 N–H and O–H groups in total. The summed E-state index contributed by atoms with van der Waals surface area (Å²) < 4.78 is 38.2. The molecule has 0 atom stereocenters. The Bertz CT molecular complexity index is 814. The molecule has 0 fully saturated rings. The summed E-state index contributed by atoms with van der Waals surface area (Å²) in [5, 5.41) is 0.630. The minimum atomic E-state index is -4.41. The van der Waals surface area contributed by atoms with Gasteiger partial charge < -0.3 is 0 Å². The number of thioether (sulfide) groups is 1. The van der Waals surface area contributed by atoms with Crippen LogP contribution < -0.4 is 0 Å². The highest BCUT2D eigenvalue weighted by molar-refractivity contribution is 7.99. The first-order chi connectivity index (χ1) is 10.5. The fourth-order valence-electron chi connectivity index (χ4n) is 1.92. The van der Waals surface area contributed by atoms with E-state index in [-0.39, 0.29) is 5.52 Å². The van der Waals surface area contributed by atoms with Crippen LogP contribution in [0.2, 0.25) is 0 Å². The fourth-order valence-corrected chi connectivity index (χ4v) is 3.67. The Morgan fingerprint density at radius 1 is 1.27 bits per heavy atom. The molecule has 8 heteroatoms. The van der Waals surface area contributed by atoms with E-state index in [2.05, 4.69) is 15.0 Å². The highest BCUT2D eigenvalue weighted by atomic mass is 32.2. The molecule has 0 unspecified atom stereocenters. The lowest BCUT2D eigenvalue weighted by atomic mass is 10.2. The number of halogens is 3. The summed E-state index contributed by atoms with van der Waals surface area (Å²) in [6, 6.07) is 2.91. The molecule has 0 saturated carbocycles. The SMILES string of the molecule is CCSc1ccncc1-c1nc2cc(C(F)(F)F)cnc2s1. The second-order valence-corrected chi connectivity index (χ2v) is 6.65. The van der Waals surface area contributed by atoms with Gasteiger partial charge in [-0.05, 0) is 17.9 Å². The molecule has 0 spiro atoms. The first-order valence-electron chi connectivity index (χ1n) is 6.40. The number of rotatable bonds is 3. The average molecular weight is 341 g/mol. The Labute approximate surface area is 132 Å². The molecular formula is C14H10F3N3S2. The third-order valence-corrected chi connectivity index (χ3v) is 4.85. The molecule has 0 aliphatic heterocycles. The second-order valence-electron chi connectivity index (χ2n) is 4.37. The minimum Gasteiger partial charge on any atom is -0.264 e. The quantitative estimate of drug-likeness (QED) is 0.636. The van der Waals surface area contributed by atoms with Crippen molar-refractivity contribution in [2.45, 2.75) is 18.0 Å². The van der Waals surface area contributed by atoms with Gasteiger partial charge in [-0.3, -0.25) is 4.98 Å². The molecule has 3 aromatic rings. The van der Waals surface area contributed by atoms with Crippen LogP contribution in [0.3, 0.4) is 0 Å². The summed E-state index contributed by atoms with van der Waals surface area (Å²) in [4.78, 5) is 13.8. The summed E-state index contributed by atoms with van der Waals surface area (Å²) in [5.74, 6) is 0.887. The van der Waals surface area contributed by atoms with Crippen LogP contribution in [0.5, 0.6) is 0 Å². The fraction of sp³-hybridized carbons (Fsp3) is 0.214. The maximum atomic E-state index is 12.7. The maximum Gasteiger partial charge on any atom is 0.417 e. The molecule has 114 valence electrons. The van der Waals surface area contributed by atoms with E-state index < -0.39 is 11.7 Å². The van der Waals surface area contributed by atoms with Gasteiger partial charge in [-0.1, -0.05) is 18.3 Å². The van der Waals surface area contributed by atoms with Gasteiger partial charge in [0, 0.05) is 29.0 Å². The van der Waals surface area contributed by atoms with Crippen LogP contribution in [-0.4, -0.2) is 20.7 Å². The summed E-state index contributed by atoms with van der Waals surface area (Å²) in [6.45, 7) is 2.03. The van der Waals surface area contributed by atoms with Gasteiger partial charge >= 0.3 is 6.18 Å². The van der Waals surface area contributed by atoms with Crippen molar-refractivity contribution in [1.82, 2.24) is 15.0 Å². The van der Waals surface area contributed by atoms with Gasteiger partial charge in [0.1, 0.15) is 15.4 Å². The lowest BCUT2D eigenvalue weighted by Gasteiger charge is -2.04. The molecule has 3 aromatic heterocycles. The Morgan fingerprint density at radius 2 is 2.09 bits per heavy atom. The summed E-state index contributed by atoms with van der Waals surface area (Å²) in [7, 11) is 0. The topological polar surface area (TPSA) is 38.7 Å². The zero-order valence-electron chi connectivity index (χ0n) is 11.4. The van der Waals surface area contributed by atoms with Crippen LogP contribution in [0.25, 0.3) is 20.9 Å². The number of fused-ring (bicyclic) bond motifs is 1. The first-order valence-corrected chi connectivity index (χ1v) is 8.20. The van der Waals surface area contributed by atoms with E-state index in [1.807, 2.05) is 13.0 Å². The van der Waals surface area contributed by atoms with Crippen LogP contribution in [0.4, 0.5) is 13.2 Å². The highest BCUT2D eigenvalue weighted by Gasteiger charge is 2.31. The zero-order valence-corrected chi connectivity index (χ0v) is 13.0. The molecule has 0 radical (unpaired) electrons. The third kappa shape index (κ3) is 2.93. The third-order valence-electron chi connectivity index (χ3n) is 2.89. The monoisotopic (exact) mass is 341 g/mol. The number of nitrogens with zero attached hydrogens (tertiary/aromatic N) is 3. The Morgan fingerprint density at radius 3 is 2.82 bits per heavy atom. The number of hydrogen-bond acceptors (Lipinski definition) is 5. The normalized spacial score (nSPS) is 12.0. The van der Waals surface area contributed by atoms with Crippen LogP contribution in [0.1, 0.15) is 12.5 Å². The predicted octanol–water partition coefficient (Wildman–Crippen LogP) is 4.88. The van der Waals surface area contributed by atoms with E-state index in [0.717, 1.165) is 28.5 Å². The first kappa shape index (κ1) is 15.2. The van der Waals surface area contributed by atoms with E-state index >= 15 is 0 Å². The molecule has 0 aromatic carbocycles. The molecule has 3 nitrogen and oxygen atoms in total. The summed E-state index contributed by atoms with van der Waals surface area (Å²) in [6.07, 6.45) is -0.201. The molecular weight excluding hydrogens is 331 g/mol. The average Bonchev–Trinajstić information content (AvgIpc) is 2.90. The van der Waals surface area contributed by atoms with Crippen molar-refractivity contribution in [1.29, 1.82) is 0 Å². The van der Waals surface area contributed by atoms with E-state index in [0.29, 0.717) is 9.84 Å². The largest absolute Gasteiger partial charge is 0.417 e. The van der Waals surface area contributed by atoms with Crippen molar-refractivity contribution in [3.05, 3.63) is 36.3 Å². The van der Waals surface area contributed by atoms with Gasteiger partial charge in [-0.2, -0.15) is 13.2 Å². The van der Waals surface area contributed by atoms with Gasteiger partial charge in [0.2, 0.25) is 0 Å². The van der Waals surface area contributed by atoms with Crippen molar-refractivity contribution in [3.63, 3.8) is 0 Å². The van der Waals surface area contributed by atoms with Crippen molar-refractivity contribution in [2.75, 3.05) is 5.75 Å². The zero-order chi connectivity index (χ0) is 15.7. The molecule has 0 amide bonds. The van der Waals surface area contributed by atoms with Crippen LogP contribution in [0.15, 0.2) is 35.6 Å². The van der Waals surface area contributed by atoms with E-state index in [4.69, 9.17) is 0 Å². The minimum absolute atomic E-state index is 0.256. The molecule has 0 bridgehead atoms. The number of aromatic nitrogens is 3. The Kier molecular flexibility index (Phi) is 4.05. The van der Waals surface area contributed by atoms with Gasteiger partial charge in [-0.25, -0.2) is 9.97 Å². The van der Waals surface area contributed by atoms with Crippen molar-refractivity contribution in [2.24, 2.45) is 0 Å². The van der Waals surface area contributed by atoms with E-state index in [9.17, 15) is 13.2 Å². The smallest absolute Gasteiger partial charge is 0.264 e. The summed E-state index contributed by atoms with van der Waals surface area (Å²) >= 11 is 2.91. The van der Waals surface area contributed by atoms with Crippen LogP contribution >= 0.6 is 23.1 Å². The molecule has 3 rings (SSSR count). The predicted molar refractivity (Wildman–Crippen MR) is 82.0 cm³/mol. The Balaban J connectivity index is 2.09. The van der Waals surface area contributed by atoms with Crippen molar-refractivity contribution in [3.8, 4) is 10.6 Å². The standard InChI is InChI=1S/C14H10F3N3S2/c1-2-21-11-3-4-18-7-9(11)12-20-10-5-8(14(15,16)17)6-19-13(10)22-12/h3-7H,2H2,1H3. The van der Waals surface area contributed by atoms with Crippen LogP contribution in [0, 0.1) is 0 Å². The lowest BCUT2D eigenvalue weighted by Crippen LogP contribution is -2.04. The number of hydrogen-bond donors (Lipinski definition) is 0. The molecule has 0 saturated heterocycles. The molecule has 22 heavy (non-hydrogen) atoms. The Hall–Kier alpha value is -1.67. The van der Waals surface area contributed by atoms with Gasteiger partial charge in [0.25, 0.3) is 0 Å². The molecule has 0 aliphatic rings. The number of alkyl halides is 3.